The van der Waals surface area contributed by atoms with E-state index < -0.39 is 18.0 Å². The number of carbonyl (C=O) groups excluding carboxylic acids is 3. The second-order valence-corrected chi connectivity index (χ2v) is 6.46. The number of hydrogen-bond acceptors (Lipinski definition) is 4. The number of amides is 2. The van der Waals surface area contributed by atoms with Gasteiger partial charge in [-0.05, 0) is 48.9 Å². The van der Waals surface area contributed by atoms with Gasteiger partial charge in [-0.3, -0.25) is 4.79 Å². The van der Waals surface area contributed by atoms with Crippen LogP contribution in [-0.4, -0.2) is 24.9 Å². The van der Waals surface area contributed by atoms with E-state index in [9.17, 15) is 14.4 Å². The molecule has 2 aromatic rings. The van der Waals surface area contributed by atoms with Crippen LogP contribution in [-0.2, 0) is 4.74 Å². The Bertz CT molecular complexity index is 933. The van der Waals surface area contributed by atoms with Crippen molar-refractivity contribution in [2.24, 2.45) is 0 Å². The van der Waals surface area contributed by atoms with Gasteiger partial charge in [-0.25, -0.2) is 9.59 Å². The predicted molar refractivity (Wildman–Crippen MR) is 101 cm³/mol. The number of halogens is 1. The molecule has 0 saturated heterocycles. The van der Waals surface area contributed by atoms with Crippen LogP contribution in [0.5, 0.6) is 0 Å². The lowest BCUT2D eigenvalue weighted by molar-refractivity contribution is 0.0600. The van der Waals surface area contributed by atoms with Crippen molar-refractivity contribution in [3.05, 3.63) is 81.5 Å². The molecule has 6 nitrogen and oxygen atoms in total. The number of urea groups is 1. The molecule has 7 heteroatoms. The van der Waals surface area contributed by atoms with Gasteiger partial charge in [-0.2, -0.15) is 0 Å². The largest absolute Gasteiger partial charge is 0.465 e. The highest BCUT2D eigenvalue weighted by molar-refractivity contribution is 6.30. The second kappa shape index (κ2) is 7.63. The quantitative estimate of drug-likeness (QED) is 0.622. The van der Waals surface area contributed by atoms with E-state index in [0.29, 0.717) is 33.0 Å². The van der Waals surface area contributed by atoms with Gasteiger partial charge in [0.05, 0.1) is 18.7 Å². The van der Waals surface area contributed by atoms with Crippen LogP contribution in [0.15, 0.2) is 59.8 Å². The summed E-state index contributed by atoms with van der Waals surface area (Å²) in [6.07, 6.45) is 0. The number of hydrogen-bond donors (Lipinski definition) is 2. The molecule has 0 radical (unpaired) electrons. The highest BCUT2D eigenvalue weighted by Gasteiger charge is 2.31. The molecule has 0 fully saturated rings. The van der Waals surface area contributed by atoms with Gasteiger partial charge in [0.2, 0.25) is 0 Å². The van der Waals surface area contributed by atoms with Crippen LogP contribution < -0.4 is 10.6 Å². The Morgan fingerprint density at radius 2 is 1.59 bits per heavy atom. The number of carbonyl (C=O) groups is 3. The molecule has 1 heterocycles. The van der Waals surface area contributed by atoms with Gasteiger partial charge in [0.15, 0.2) is 5.78 Å². The first-order valence-electron chi connectivity index (χ1n) is 8.17. The zero-order chi connectivity index (χ0) is 19.6. The molecule has 1 atom stereocenters. The molecule has 2 aromatic carbocycles. The van der Waals surface area contributed by atoms with Crippen molar-refractivity contribution in [2.75, 3.05) is 7.11 Å². The molecule has 0 spiro atoms. The number of esters is 1. The van der Waals surface area contributed by atoms with Gasteiger partial charge in [-0.1, -0.05) is 23.7 Å². The van der Waals surface area contributed by atoms with E-state index in [1.165, 1.54) is 7.11 Å². The van der Waals surface area contributed by atoms with Crippen LogP contribution >= 0.6 is 11.6 Å². The molecule has 0 saturated carbocycles. The summed E-state index contributed by atoms with van der Waals surface area (Å²) in [5.74, 6) is -0.682. The Morgan fingerprint density at radius 1 is 1.00 bits per heavy atom. The van der Waals surface area contributed by atoms with Crippen molar-refractivity contribution >= 4 is 29.4 Å². The summed E-state index contributed by atoms with van der Waals surface area (Å²) in [6, 6.07) is 12.1. The molecular weight excluding hydrogens is 368 g/mol. The summed E-state index contributed by atoms with van der Waals surface area (Å²) < 4.78 is 4.69. The van der Waals surface area contributed by atoms with E-state index in [-0.39, 0.29) is 5.78 Å². The van der Waals surface area contributed by atoms with Crippen molar-refractivity contribution < 1.29 is 19.1 Å². The standard InChI is InChI=1S/C20H17ClN2O4/c1-11-16(18(24)13-7-9-15(21)10-8-13)17(23-20(26)22-11)12-3-5-14(6-4-12)19(25)27-2/h3-10,17H,1-2H3,(H2,22,23,26). The van der Waals surface area contributed by atoms with Crippen molar-refractivity contribution in [1.82, 2.24) is 10.6 Å². The van der Waals surface area contributed by atoms with Gasteiger partial charge < -0.3 is 15.4 Å². The summed E-state index contributed by atoms with van der Waals surface area (Å²) in [7, 11) is 1.30. The Morgan fingerprint density at radius 3 is 2.19 bits per heavy atom. The molecule has 3 rings (SSSR count). The average molecular weight is 385 g/mol. The molecule has 0 aliphatic carbocycles. The topological polar surface area (TPSA) is 84.5 Å². The summed E-state index contributed by atoms with van der Waals surface area (Å²) >= 11 is 5.90. The Hall–Kier alpha value is -3.12. The monoisotopic (exact) mass is 384 g/mol. The smallest absolute Gasteiger partial charge is 0.337 e. The Balaban J connectivity index is 2.00. The minimum Gasteiger partial charge on any atom is -0.465 e. The maximum Gasteiger partial charge on any atom is 0.337 e. The van der Waals surface area contributed by atoms with E-state index in [1.807, 2.05) is 0 Å². The Kier molecular flexibility index (Phi) is 5.28. The first kappa shape index (κ1) is 18.7. The molecule has 27 heavy (non-hydrogen) atoms. The molecule has 1 aliphatic rings. The minimum atomic E-state index is -0.645. The number of Topliss-reactive ketones (excluding diaryl/α,β-unsaturated/α-hetero) is 1. The maximum absolute atomic E-state index is 13.1. The van der Waals surface area contributed by atoms with Crippen LogP contribution in [0.4, 0.5) is 4.79 Å². The Labute approximate surface area is 161 Å². The normalized spacial score (nSPS) is 16.4. The molecule has 1 unspecified atom stereocenters. The molecule has 2 amide bonds. The minimum absolute atomic E-state index is 0.223. The second-order valence-electron chi connectivity index (χ2n) is 6.02. The van der Waals surface area contributed by atoms with Crippen LogP contribution in [0.25, 0.3) is 0 Å². The van der Waals surface area contributed by atoms with Gasteiger partial charge in [0.1, 0.15) is 0 Å². The van der Waals surface area contributed by atoms with Gasteiger partial charge in [0.25, 0.3) is 0 Å². The summed E-state index contributed by atoms with van der Waals surface area (Å²) in [4.78, 5) is 36.6. The highest BCUT2D eigenvalue weighted by Crippen LogP contribution is 2.30. The van der Waals surface area contributed by atoms with E-state index in [1.54, 1.807) is 55.5 Å². The fraction of sp³-hybridized carbons (Fsp3) is 0.150. The third kappa shape index (κ3) is 3.85. The molecular formula is C20H17ClN2O4. The first-order chi connectivity index (χ1) is 12.9. The van der Waals surface area contributed by atoms with Crippen LogP contribution in [0, 0.1) is 0 Å². The van der Waals surface area contributed by atoms with Crippen molar-refractivity contribution in [3.8, 4) is 0 Å². The fourth-order valence-electron chi connectivity index (χ4n) is 2.93. The number of ether oxygens (including phenoxy) is 1. The average Bonchev–Trinajstić information content (AvgIpc) is 2.67. The molecule has 1 aliphatic heterocycles. The molecule has 0 bridgehead atoms. The number of nitrogens with one attached hydrogen (secondary N) is 2. The van der Waals surface area contributed by atoms with E-state index in [4.69, 9.17) is 11.6 Å². The molecule has 0 aromatic heterocycles. The van der Waals surface area contributed by atoms with E-state index in [2.05, 4.69) is 15.4 Å². The van der Waals surface area contributed by atoms with Gasteiger partial charge in [0, 0.05) is 21.9 Å². The third-order valence-corrected chi connectivity index (χ3v) is 4.54. The lowest BCUT2D eigenvalue weighted by Crippen LogP contribution is -2.45. The van der Waals surface area contributed by atoms with Gasteiger partial charge in [-0.15, -0.1) is 0 Å². The summed E-state index contributed by atoms with van der Waals surface area (Å²) in [6.45, 7) is 1.68. The SMILES string of the molecule is COC(=O)c1ccc(C2NC(=O)NC(C)=C2C(=O)c2ccc(Cl)cc2)cc1. The fourth-order valence-corrected chi connectivity index (χ4v) is 3.06. The predicted octanol–water partition coefficient (Wildman–Crippen LogP) is 3.64. The highest BCUT2D eigenvalue weighted by atomic mass is 35.5. The maximum atomic E-state index is 13.1. The van der Waals surface area contributed by atoms with Crippen LogP contribution in [0.3, 0.4) is 0 Å². The number of ketones is 1. The lowest BCUT2D eigenvalue weighted by Gasteiger charge is -2.28. The zero-order valence-electron chi connectivity index (χ0n) is 14.7. The van der Waals surface area contributed by atoms with Crippen LogP contribution in [0.2, 0.25) is 5.02 Å². The zero-order valence-corrected chi connectivity index (χ0v) is 15.5. The van der Waals surface area contributed by atoms with E-state index >= 15 is 0 Å². The van der Waals surface area contributed by atoms with Crippen molar-refractivity contribution in [3.63, 3.8) is 0 Å². The summed E-state index contributed by atoms with van der Waals surface area (Å²) in [5, 5.41) is 5.94. The number of rotatable bonds is 4. The number of methoxy groups -OCH3 is 1. The van der Waals surface area contributed by atoms with Gasteiger partial charge >= 0.3 is 12.0 Å². The lowest BCUT2D eigenvalue weighted by atomic mass is 9.89. The molecule has 2 N–H and O–H groups in total. The van der Waals surface area contributed by atoms with Crippen LogP contribution in [0.1, 0.15) is 39.2 Å². The number of allylic oxidation sites excluding steroid dienone is 1. The van der Waals surface area contributed by atoms with Crippen molar-refractivity contribution in [2.45, 2.75) is 13.0 Å². The molecule has 138 valence electrons. The third-order valence-electron chi connectivity index (χ3n) is 4.29. The summed E-state index contributed by atoms with van der Waals surface area (Å²) in [5.41, 5.74) is 2.41. The first-order valence-corrected chi connectivity index (χ1v) is 8.55. The van der Waals surface area contributed by atoms with Crippen molar-refractivity contribution in [1.29, 1.82) is 0 Å². The van der Waals surface area contributed by atoms with E-state index in [0.717, 1.165) is 0 Å². The number of benzene rings is 2.